The molecule has 1 amide bonds. The van der Waals surface area contributed by atoms with E-state index in [1.165, 1.54) is 8.61 Å². The number of nitrogens with zero attached hydrogens (tertiary/aromatic N) is 3. The molecular formula is C9H14N4O4S. The zero-order chi connectivity index (χ0) is 13.3. The monoisotopic (exact) mass is 274 g/mol. The van der Waals surface area contributed by atoms with Crippen LogP contribution < -0.4 is 5.73 Å². The number of carbonyl (C=O) groups is 1. The van der Waals surface area contributed by atoms with Gasteiger partial charge in [-0.05, 0) is 0 Å². The molecule has 9 heteroatoms. The van der Waals surface area contributed by atoms with Gasteiger partial charge in [0.1, 0.15) is 6.10 Å². The largest absolute Gasteiger partial charge is 0.367 e. The fourth-order valence-electron chi connectivity index (χ4n) is 1.88. The number of primary amides is 1. The average Bonchev–Trinajstić information content (AvgIpc) is 2.27. The Balaban J connectivity index is 2.02. The molecule has 2 rings (SSSR count). The van der Waals surface area contributed by atoms with Crippen molar-refractivity contribution in [2.24, 2.45) is 11.7 Å². The number of hydrogen-bond donors (Lipinski definition) is 1. The lowest BCUT2D eigenvalue weighted by atomic mass is 10.1. The van der Waals surface area contributed by atoms with Crippen molar-refractivity contribution >= 4 is 16.1 Å². The van der Waals surface area contributed by atoms with E-state index in [1.807, 2.05) is 6.07 Å². The molecule has 2 aliphatic rings. The first kappa shape index (κ1) is 13.2. The normalized spacial score (nSPS) is 27.4. The van der Waals surface area contributed by atoms with Gasteiger partial charge in [-0.2, -0.15) is 22.3 Å². The Bertz CT molecular complexity index is 479. The Morgan fingerprint density at radius 1 is 1.33 bits per heavy atom. The zero-order valence-corrected chi connectivity index (χ0v) is 10.5. The van der Waals surface area contributed by atoms with Gasteiger partial charge in [-0.3, -0.25) is 4.79 Å². The first-order valence-electron chi connectivity index (χ1n) is 5.51. The van der Waals surface area contributed by atoms with E-state index in [2.05, 4.69) is 0 Å². The fraction of sp³-hybridized carbons (Fsp3) is 0.778. The van der Waals surface area contributed by atoms with E-state index in [1.54, 1.807) is 0 Å². The van der Waals surface area contributed by atoms with Gasteiger partial charge in [0.25, 0.3) is 10.2 Å². The van der Waals surface area contributed by atoms with E-state index in [9.17, 15) is 13.2 Å². The van der Waals surface area contributed by atoms with Crippen molar-refractivity contribution in [3.63, 3.8) is 0 Å². The number of ether oxygens (including phenoxy) is 1. The molecule has 1 atom stereocenters. The van der Waals surface area contributed by atoms with Crippen LogP contribution in [0.25, 0.3) is 0 Å². The molecule has 0 bridgehead atoms. The first-order chi connectivity index (χ1) is 8.45. The molecule has 2 fully saturated rings. The van der Waals surface area contributed by atoms with Gasteiger partial charge in [0.15, 0.2) is 0 Å². The number of nitriles is 1. The quantitative estimate of drug-likeness (QED) is 0.631. The van der Waals surface area contributed by atoms with Gasteiger partial charge in [-0.1, -0.05) is 0 Å². The molecule has 18 heavy (non-hydrogen) atoms. The maximum Gasteiger partial charge on any atom is 0.282 e. The fourth-order valence-corrected chi connectivity index (χ4v) is 3.57. The number of carbonyl (C=O) groups excluding carboxylic acids is 1. The minimum Gasteiger partial charge on any atom is -0.367 e. The third kappa shape index (κ3) is 2.32. The van der Waals surface area contributed by atoms with Crippen molar-refractivity contribution in [1.29, 1.82) is 5.26 Å². The molecule has 0 radical (unpaired) electrons. The van der Waals surface area contributed by atoms with Crippen LogP contribution in [0, 0.1) is 17.2 Å². The summed E-state index contributed by atoms with van der Waals surface area (Å²) in [6, 6.07) is 2.01. The highest BCUT2D eigenvalue weighted by Gasteiger charge is 2.41. The molecule has 0 aromatic heterocycles. The van der Waals surface area contributed by atoms with Crippen LogP contribution >= 0.6 is 0 Å². The van der Waals surface area contributed by atoms with Crippen LogP contribution in [0.5, 0.6) is 0 Å². The average molecular weight is 274 g/mol. The molecule has 0 saturated carbocycles. The molecule has 0 aromatic rings. The third-order valence-electron chi connectivity index (χ3n) is 3.03. The van der Waals surface area contributed by atoms with E-state index in [0.717, 1.165) is 0 Å². The zero-order valence-electron chi connectivity index (χ0n) is 9.65. The highest BCUT2D eigenvalue weighted by atomic mass is 32.2. The van der Waals surface area contributed by atoms with Crippen LogP contribution in [0.4, 0.5) is 0 Å². The Morgan fingerprint density at radius 2 is 2.00 bits per heavy atom. The Morgan fingerprint density at radius 3 is 2.56 bits per heavy atom. The highest BCUT2D eigenvalue weighted by Crippen LogP contribution is 2.22. The summed E-state index contributed by atoms with van der Waals surface area (Å²) in [7, 11) is -3.61. The second kappa shape index (κ2) is 4.81. The summed E-state index contributed by atoms with van der Waals surface area (Å²) in [5, 5.41) is 8.63. The molecule has 2 heterocycles. The summed E-state index contributed by atoms with van der Waals surface area (Å²) >= 11 is 0. The molecule has 100 valence electrons. The molecule has 0 aliphatic carbocycles. The lowest BCUT2D eigenvalue weighted by Crippen LogP contribution is -2.59. The van der Waals surface area contributed by atoms with Crippen molar-refractivity contribution in [3.8, 4) is 6.07 Å². The van der Waals surface area contributed by atoms with Gasteiger partial charge in [-0.25, -0.2) is 0 Å². The minimum absolute atomic E-state index is 0.0641. The van der Waals surface area contributed by atoms with Crippen molar-refractivity contribution in [2.75, 3.05) is 32.8 Å². The summed E-state index contributed by atoms with van der Waals surface area (Å²) in [4.78, 5) is 11.0. The number of nitrogens with two attached hydrogens (primary N) is 1. The molecule has 0 aromatic carbocycles. The van der Waals surface area contributed by atoms with Crippen LogP contribution in [0.3, 0.4) is 0 Å². The standard InChI is InChI=1S/C9H14N4O4S/c10-3-7-4-13(5-7)18(15,16)12-1-2-17-8(6-12)9(11)14/h7-8H,1-2,4-6H2,(H2,11,14)/t8-/m0/s1. The lowest BCUT2D eigenvalue weighted by molar-refractivity contribution is -0.132. The highest BCUT2D eigenvalue weighted by molar-refractivity contribution is 7.86. The van der Waals surface area contributed by atoms with Gasteiger partial charge < -0.3 is 10.5 Å². The van der Waals surface area contributed by atoms with Crippen molar-refractivity contribution in [2.45, 2.75) is 6.10 Å². The Kier molecular flexibility index (Phi) is 3.54. The number of morpholine rings is 1. The van der Waals surface area contributed by atoms with Gasteiger partial charge in [0, 0.05) is 19.6 Å². The Hall–Kier alpha value is -1.21. The van der Waals surface area contributed by atoms with Crippen molar-refractivity contribution in [1.82, 2.24) is 8.61 Å². The molecule has 0 spiro atoms. The summed E-state index contributed by atoms with van der Waals surface area (Å²) in [6.45, 7) is 0.683. The lowest BCUT2D eigenvalue weighted by Gasteiger charge is -2.39. The van der Waals surface area contributed by atoms with Gasteiger partial charge in [0.2, 0.25) is 5.91 Å². The van der Waals surface area contributed by atoms with Gasteiger partial charge in [0.05, 0.1) is 25.1 Å². The summed E-state index contributed by atoms with van der Waals surface area (Å²) in [6.07, 6.45) is -0.901. The van der Waals surface area contributed by atoms with Crippen LogP contribution in [0.1, 0.15) is 0 Å². The maximum atomic E-state index is 12.1. The van der Waals surface area contributed by atoms with E-state index in [4.69, 9.17) is 15.7 Å². The number of hydrogen-bond acceptors (Lipinski definition) is 5. The predicted octanol–water partition coefficient (Wildman–Crippen LogP) is -2.13. The van der Waals surface area contributed by atoms with Crippen molar-refractivity contribution < 1.29 is 17.9 Å². The van der Waals surface area contributed by atoms with E-state index in [0.29, 0.717) is 0 Å². The van der Waals surface area contributed by atoms with E-state index < -0.39 is 22.2 Å². The second-order valence-corrected chi connectivity index (χ2v) is 6.20. The van der Waals surface area contributed by atoms with Crippen LogP contribution in [0.2, 0.25) is 0 Å². The molecular weight excluding hydrogens is 260 g/mol. The van der Waals surface area contributed by atoms with Gasteiger partial charge >= 0.3 is 0 Å². The minimum atomic E-state index is -3.61. The van der Waals surface area contributed by atoms with Crippen LogP contribution in [-0.2, 0) is 19.7 Å². The van der Waals surface area contributed by atoms with E-state index in [-0.39, 0.29) is 38.7 Å². The molecule has 2 aliphatic heterocycles. The maximum absolute atomic E-state index is 12.1. The second-order valence-electron chi connectivity index (χ2n) is 4.27. The molecule has 2 saturated heterocycles. The Labute approximate surface area is 105 Å². The SMILES string of the molecule is N#CC1CN(S(=O)(=O)N2CCO[C@H](C(N)=O)C2)C1. The number of rotatable bonds is 3. The first-order valence-corrected chi connectivity index (χ1v) is 6.90. The third-order valence-corrected chi connectivity index (χ3v) is 4.96. The number of amides is 1. The van der Waals surface area contributed by atoms with Gasteiger partial charge in [-0.15, -0.1) is 0 Å². The topological polar surface area (TPSA) is 117 Å². The van der Waals surface area contributed by atoms with Crippen LogP contribution in [-0.4, -0.2) is 61.8 Å². The summed E-state index contributed by atoms with van der Waals surface area (Å²) in [5.74, 6) is -0.916. The van der Waals surface area contributed by atoms with Crippen LogP contribution in [0.15, 0.2) is 0 Å². The predicted molar refractivity (Wildman–Crippen MR) is 60.1 cm³/mol. The molecule has 2 N–H and O–H groups in total. The smallest absolute Gasteiger partial charge is 0.282 e. The van der Waals surface area contributed by atoms with E-state index >= 15 is 0 Å². The van der Waals surface area contributed by atoms with Crippen molar-refractivity contribution in [3.05, 3.63) is 0 Å². The summed E-state index contributed by atoms with van der Waals surface area (Å²) in [5.41, 5.74) is 5.10. The molecule has 0 unspecified atom stereocenters. The summed E-state index contributed by atoms with van der Waals surface area (Å²) < 4.78 is 31.8. The molecule has 8 nitrogen and oxygen atoms in total.